The van der Waals surface area contributed by atoms with Crippen molar-refractivity contribution in [3.05, 3.63) is 17.2 Å². The molecule has 2 unspecified atom stereocenters. The van der Waals surface area contributed by atoms with Crippen molar-refractivity contribution < 1.29 is 25.2 Å². The largest absolute Gasteiger partial charge is 0.504 e. The molecule has 2 saturated carbocycles. The van der Waals surface area contributed by atoms with Crippen LogP contribution in [0, 0.1) is 5.92 Å². The first-order valence-corrected chi connectivity index (χ1v) is 8.14. The van der Waals surface area contributed by atoms with Crippen LogP contribution in [0.25, 0.3) is 0 Å². The van der Waals surface area contributed by atoms with Crippen molar-refractivity contribution in [3.8, 4) is 17.2 Å². The van der Waals surface area contributed by atoms with E-state index in [0.29, 0.717) is 19.3 Å². The molecule has 0 amide bonds. The molecule has 1 aromatic rings. The third-order valence-corrected chi connectivity index (χ3v) is 6.70. The number of hydrogen-bond acceptors (Lipinski definition) is 5. The first kappa shape index (κ1) is 13.0. The summed E-state index contributed by atoms with van der Waals surface area (Å²) >= 11 is 0. The molecule has 5 atom stereocenters. The average Bonchev–Trinajstić information content (AvgIpc) is 2.82. The smallest absolute Gasteiger partial charge is 0.200 e. The highest BCUT2D eigenvalue weighted by atomic mass is 16.5. The van der Waals surface area contributed by atoms with Crippen molar-refractivity contribution in [2.24, 2.45) is 5.92 Å². The minimum atomic E-state index is -0.878. The molecule has 1 heterocycles. The van der Waals surface area contributed by atoms with Gasteiger partial charge in [0, 0.05) is 5.56 Å². The molecule has 5 nitrogen and oxygen atoms in total. The second-order valence-electron chi connectivity index (χ2n) is 7.44. The number of aromatic hydroxyl groups is 2. The molecule has 3 aliphatic carbocycles. The zero-order valence-corrected chi connectivity index (χ0v) is 12.2. The SMILES string of the molecule is Oc1cc2c3c(c1O)O[C@H]1C(O)CC[C@@]4(O)[C@H](CCCC314)C2. The second kappa shape index (κ2) is 3.71. The van der Waals surface area contributed by atoms with Crippen LogP contribution in [0.5, 0.6) is 17.2 Å². The standard InChI is InChI=1S/C17H20O5/c18-10-3-5-17(21)9-2-1-4-16(17)12-8(6-9)7-11(19)13(20)14(12)22-15(10)16/h7,9-10,15,18-21H,1-6H2/t9-,10?,15+,16?,17-/m1/s1. The van der Waals surface area contributed by atoms with Gasteiger partial charge in [0.2, 0.25) is 5.75 Å². The summed E-state index contributed by atoms with van der Waals surface area (Å²) in [6, 6.07) is 1.61. The third-order valence-electron chi connectivity index (χ3n) is 6.70. The molecule has 0 radical (unpaired) electrons. The van der Waals surface area contributed by atoms with Crippen LogP contribution in [0.3, 0.4) is 0 Å². The molecule has 2 fully saturated rings. The Morgan fingerprint density at radius 2 is 2.00 bits per heavy atom. The van der Waals surface area contributed by atoms with E-state index >= 15 is 0 Å². The molecule has 0 saturated heterocycles. The van der Waals surface area contributed by atoms with Crippen LogP contribution in [0.2, 0.25) is 0 Å². The highest BCUT2D eigenvalue weighted by molar-refractivity contribution is 5.66. The number of hydrogen-bond donors (Lipinski definition) is 4. The zero-order valence-electron chi connectivity index (χ0n) is 12.2. The monoisotopic (exact) mass is 304 g/mol. The zero-order chi connectivity index (χ0) is 15.3. The van der Waals surface area contributed by atoms with E-state index in [-0.39, 0.29) is 23.2 Å². The number of aliphatic hydroxyl groups excluding tert-OH is 1. The number of rotatable bonds is 0. The second-order valence-corrected chi connectivity index (χ2v) is 7.44. The van der Waals surface area contributed by atoms with Gasteiger partial charge >= 0.3 is 0 Å². The lowest BCUT2D eigenvalue weighted by Crippen LogP contribution is -2.70. The lowest BCUT2D eigenvalue weighted by molar-refractivity contribution is -0.195. The van der Waals surface area contributed by atoms with E-state index in [2.05, 4.69) is 0 Å². The minimum absolute atomic E-state index is 0.127. The minimum Gasteiger partial charge on any atom is -0.504 e. The first-order chi connectivity index (χ1) is 10.5. The van der Waals surface area contributed by atoms with E-state index in [1.165, 1.54) is 0 Å². The summed E-state index contributed by atoms with van der Waals surface area (Å²) in [5, 5.41) is 42.2. The number of phenols is 2. The van der Waals surface area contributed by atoms with Crippen LogP contribution >= 0.6 is 0 Å². The van der Waals surface area contributed by atoms with Gasteiger partial charge in [-0.3, -0.25) is 0 Å². The van der Waals surface area contributed by atoms with E-state index in [0.717, 1.165) is 30.4 Å². The molecule has 22 heavy (non-hydrogen) atoms. The van der Waals surface area contributed by atoms with Gasteiger partial charge in [-0.25, -0.2) is 0 Å². The summed E-state index contributed by atoms with van der Waals surface area (Å²) in [5.74, 6) is -0.0372. The maximum Gasteiger partial charge on any atom is 0.200 e. The Hall–Kier alpha value is -1.46. The molecule has 1 spiro atoms. The Morgan fingerprint density at radius 3 is 2.82 bits per heavy atom. The summed E-state index contributed by atoms with van der Waals surface area (Å²) in [6.07, 6.45) is 3.29. The van der Waals surface area contributed by atoms with Gasteiger partial charge in [-0.05, 0) is 49.7 Å². The van der Waals surface area contributed by atoms with Gasteiger partial charge < -0.3 is 25.2 Å². The summed E-state index contributed by atoms with van der Waals surface area (Å²) in [7, 11) is 0. The van der Waals surface area contributed by atoms with Crippen LogP contribution in [-0.2, 0) is 11.8 Å². The van der Waals surface area contributed by atoms with Crippen LogP contribution in [0.1, 0.15) is 43.2 Å². The fourth-order valence-corrected chi connectivity index (χ4v) is 5.89. The molecule has 5 rings (SSSR count). The maximum absolute atomic E-state index is 11.6. The fraction of sp³-hybridized carbons (Fsp3) is 0.647. The normalized spacial score (nSPS) is 44.4. The van der Waals surface area contributed by atoms with Gasteiger partial charge in [0.25, 0.3) is 0 Å². The van der Waals surface area contributed by atoms with Gasteiger partial charge in [-0.15, -0.1) is 0 Å². The number of phenolic OH excluding ortho intramolecular Hbond substituents is 2. The van der Waals surface area contributed by atoms with Crippen LogP contribution in [-0.4, -0.2) is 38.2 Å². The molecular weight excluding hydrogens is 284 g/mol. The molecule has 0 aromatic heterocycles. The van der Waals surface area contributed by atoms with Crippen molar-refractivity contribution in [1.82, 2.24) is 0 Å². The van der Waals surface area contributed by atoms with E-state index in [1.807, 2.05) is 0 Å². The van der Waals surface area contributed by atoms with Crippen molar-refractivity contribution in [3.63, 3.8) is 0 Å². The van der Waals surface area contributed by atoms with E-state index in [9.17, 15) is 20.4 Å². The summed E-state index contributed by atoms with van der Waals surface area (Å²) in [4.78, 5) is 0. The first-order valence-electron chi connectivity index (χ1n) is 8.14. The fourth-order valence-electron chi connectivity index (χ4n) is 5.89. The Morgan fingerprint density at radius 1 is 1.18 bits per heavy atom. The third kappa shape index (κ3) is 1.15. The van der Waals surface area contributed by atoms with Gasteiger partial charge in [0.15, 0.2) is 11.5 Å². The van der Waals surface area contributed by atoms with Crippen molar-refractivity contribution in [2.45, 2.75) is 61.7 Å². The number of benzene rings is 1. The average molecular weight is 304 g/mol. The van der Waals surface area contributed by atoms with Crippen LogP contribution in [0.15, 0.2) is 6.07 Å². The van der Waals surface area contributed by atoms with Gasteiger partial charge in [0.05, 0.1) is 17.1 Å². The molecule has 1 aromatic carbocycles. The highest BCUT2D eigenvalue weighted by Gasteiger charge is 2.71. The molecule has 2 bridgehead atoms. The lowest BCUT2D eigenvalue weighted by atomic mass is 9.45. The number of ether oxygens (including phenoxy) is 1. The van der Waals surface area contributed by atoms with E-state index < -0.39 is 23.2 Å². The quantitative estimate of drug-likeness (QED) is 0.543. The molecule has 4 aliphatic rings. The van der Waals surface area contributed by atoms with Gasteiger partial charge in [-0.1, -0.05) is 6.42 Å². The predicted octanol–water partition coefficient (Wildman–Crippen LogP) is 1.34. The van der Waals surface area contributed by atoms with Crippen molar-refractivity contribution >= 4 is 0 Å². The van der Waals surface area contributed by atoms with Gasteiger partial charge in [0.1, 0.15) is 6.10 Å². The Bertz CT molecular complexity index is 686. The number of aliphatic hydroxyl groups is 2. The summed E-state index contributed by atoms with van der Waals surface area (Å²) in [5.41, 5.74) is 0.277. The molecular formula is C17H20O5. The molecule has 1 aliphatic heterocycles. The Kier molecular flexibility index (Phi) is 2.20. The van der Waals surface area contributed by atoms with Gasteiger partial charge in [-0.2, -0.15) is 0 Å². The Labute approximate surface area is 128 Å². The van der Waals surface area contributed by atoms with E-state index in [1.54, 1.807) is 6.07 Å². The maximum atomic E-state index is 11.6. The topological polar surface area (TPSA) is 90.2 Å². The summed E-state index contributed by atoms with van der Waals surface area (Å²) in [6.45, 7) is 0. The molecule has 5 heteroatoms. The Balaban J connectivity index is 1.88. The molecule has 118 valence electrons. The van der Waals surface area contributed by atoms with E-state index in [4.69, 9.17) is 4.74 Å². The highest BCUT2D eigenvalue weighted by Crippen LogP contribution is 2.68. The van der Waals surface area contributed by atoms with Crippen LogP contribution in [0.4, 0.5) is 0 Å². The lowest BCUT2D eigenvalue weighted by Gasteiger charge is -2.61. The van der Waals surface area contributed by atoms with Crippen molar-refractivity contribution in [2.75, 3.05) is 0 Å². The molecule has 4 N–H and O–H groups in total. The summed E-state index contributed by atoms with van der Waals surface area (Å²) < 4.78 is 5.95. The van der Waals surface area contributed by atoms with Crippen molar-refractivity contribution in [1.29, 1.82) is 0 Å². The predicted molar refractivity (Wildman–Crippen MR) is 77.1 cm³/mol. The van der Waals surface area contributed by atoms with Crippen LogP contribution < -0.4 is 4.74 Å².